The average molecular weight is 310 g/mol. The Morgan fingerprint density at radius 2 is 1.87 bits per heavy atom. The fourth-order valence-electron chi connectivity index (χ4n) is 2.18. The predicted molar refractivity (Wildman–Crippen MR) is 85.0 cm³/mol. The highest BCUT2D eigenvalue weighted by atomic mass is 16.5. The van der Waals surface area contributed by atoms with E-state index in [2.05, 4.69) is 0 Å². The summed E-state index contributed by atoms with van der Waals surface area (Å²) < 4.78 is 16.1. The molecule has 0 N–H and O–H groups in total. The van der Waals surface area contributed by atoms with Gasteiger partial charge < -0.3 is 13.9 Å². The predicted octanol–water partition coefficient (Wildman–Crippen LogP) is 3.82. The zero-order chi connectivity index (χ0) is 16.4. The van der Waals surface area contributed by atoms with Crippen molar-refractivity contribution < 1.29 is 18.7 Å². The number of para-hydroxylation sites is 1. The molecule has 3 aromatic rings. The van der Waals surface area contributed by atoms with Gasteiger partial charge in [0.15, 0.2) is 0 Å². The summed E-state index contributed by atoms with van der Waals surface area (Å²) in [5, 5.41) is 0.354. The van der Waals surface area contributed by atoms with E-state index in [4.69, 9.17) is 13.9 Å². The van der Waals surface area contributed by atoms with E-state index < -0.39 is 5.97 Å². The first-order valence-corrected chi connectivity index (χ1v) is 7.02. The van der Waals surface area contributed by atoms with E-state index in [1.807, 2.05) is 25.1 Å². The Labute approximate surface area is 132 Å². The Morgan fingerprint density at radius 1 is 1.09 bits per heavy atom. The van der Waals surface area contributed by atoms with Crippen molar-refractivity contribution in [2.24, 2.45) is 0 Å². The summed E-state index contributed by atoms with van der Waals surface area (Å²) in [6, 6.07) is 12.0. The van der Waals surface area contributed by atoms with Crippen molar-refractivity contribution in [3.05, 3.63) is 64.5 Å². The third-order valence-corrected chi connectivity index (χ3v) is 3.29. The van der Waals surface area contributed by atoms with E-state index in [1.165, 1.54) is 25.3 Å². The van der Waals surface area contributed by atoms with Gasteiger partial charge in [0, 0.05) is 13.0 Å². The van der Waals surface area contributed by atoms with Crippen LogP contribution in [-0.2, 0) is 4.79 Å². The lowest BCUT2D eigenvalue weighted by Gasteiger charge is -2.08. The van der Waals surface area contributed by atoms with Gasteiger partial charge in [-0.25, -0.2) is 0 Å². The average Bonchev–Trinajstić information content (AvgIpc) is 2.51. The molecule has 5 nitrogen and oxygen atoms in total. The lowest BCUT2D eigenvalue weighted by atomic mass is 10.2. The molecule has 0 saturated heterocycles. The quantitative estimate of drug-likeness (QED) is 0.543. The van der Waals surface area contributed by atoms with Crippen LogP contribution in [0.25, 0.3) is 11.0 Å². The zero-order valence-electron chi connectivity index (χ0n) is 12.7. The molecule has 0 amide bonds. The third kappa shape index (κ3) is 3.08. The topological polar surface area (TPSA) is 65.7 Å². The molecule has 0 fully saturated rings. The molecular formula is C18H14O5. The molecule has 1 heterocycles. The fourth-order valence-corrected chi connectivity index (χ4v) is 2.18. The van der Waals surface area contributed by atoms with Crippen molar-refractivity contribution in [3.8, 4) is 17.2 Å². The number of benzene rings is 2. The second-order valence-corrected chi connectivity index (χ2v) is 5.05. The molecule has 0 aliphatic carbocycles. The molecule has 1 aromatic heterocycles. The molecule has 3 rings (SSSR count). The first-order chi connectivity index (χ1) is 11.0. The Hall–Kier alpha value is -3.08. The summed E-state index contributed by atoms with van der Waals surface area (Å²) in [6.07, 6.45) is 1.26. The molecule has 0 aliphatic heterocycles. The van der Waals surface area contributed by atoms with Crippen molar-refractivity contribution >= 4 is 16.9 Å². The van der Waals surface area contributed by atoms with Gasteiger partial charge in [-0.1, -0.05) is 18.2 Å². The smallest absolute Gasteiger partial charge is 0.308 e. The van der Waals surface area contributed by atoms with Gasteiger partial charge in [0.05, 0.1) is 5.39 Å². The maximum absolute atomic E-state index is 12.5. The molecule has 5 heteroatoms. The first kappa shape index (κ1) is 14.8. The molecular weight excluding hydrogens is 296 g/mol. The Morgan fingerprint density at radius 3 is 2.61 bits per heavy atom. The van der Waals surface area contributed by atoms with Crippen LogP contribution in [0.1, 0.15) is 12.5 Å². The standard InChI is InChI=1S/C18H14O5/c1-11-5-3-4-6-15(11)23-17-10-21-16-9-13(22-12(2)19)7-8-14(16)18(17)20/h3-10H,1-2H3. The van der Waals surface area contributed by atoms with E-state index in [0.29, 0.717) is 22.5 Å². The second-order valence-electron chi connectivity index (χ2n) is 5.05. The summed E-state index contributed by atoms with van der Waals surface area (Å²) in [4.78, 5) is 23.5. The van der Waals surface area contributed by atoms with E-state index in [9.17, 15) is 9.59 Å². The molecule has 116 valence electrons. The summed E-state index contributed by atoms with van der Waals surface area (Å²) in [7, 11) is 0. The van der Waals surface area contributed by atoms with Crippen LogP contribution in [0, 0.1) is 6.92 Å². The summed E-state index contributed by atoms with van der Waals surface area (Å²) >= 11 is 0. The maximum atomic E-state index is 12.5. The van der Waals surface area contributed by atoms with Gasteiger partial charge >= 0.3 is 5.97 Å². The molecule has 2 aromatic carbocycles. The number of carbonyl (C=O) groups is 1. The van der Waals surface area contributed by atoms with Gasteiger partial charge in [0.2, 0.25) is 11.2 Å². The van der Waals surface area contributed by atoms with Crippen LogP contribution in [0.3, 0.4) is 0 Å². The minimum Gasteiger partial charge on any atom is -0.460 e. The molecule has 23 heavy (non-hydrogen) atoms. The minimum absolute atomic E-state index is 0.104. The number of hydrogen-bond donors (Lipinski definition) is 0. The van der Waals surface area contributed by atoms with E-state index in [1.54, 1.807) is 12.1 Å². The fraction of sp³-hybridized carbons (Fsp3) is 0.111. The molecule has 0 bridgehead atoms. The SMILES string of the molecule is CC(=O)Oc1ccc2c(=O)c(Oc3ccccc3C)coc2c1. The van der Waals surface area contributed by atoms with Crippen molar-refractivity contribution in [1.29, 1.82) is 0 Å². The van der Waals surface area contributed by atoms with Crippen molar-refractivity contribution in [2.45, 2.75) is 13.8 Å². The van der Waals surface area contributed by atoms with Crippen LogP contribution < -0.4 is 14.9 Å². The normalized spacial score (nSPS) is 10.5. The number of fused-ring (bicyclic) bond motifs is 1. The Balaban J connectivity index is 2.01. The highest BCUT2D eigenvalue weighted by Gasteiger charge is 2.11. The van der Waals surface area contributed by atoms with E-state index in [-0.39, 0.29) is 11.2 Å². The Kier molecular flexibility index (Phi) is 3.85. The second kappa shape index (κ2) is 5.96. The minimum atomic E-state index is -0.439. The number of esters is 1. The molecule has 0 saturated carbocycles. The largest absolute Gasteiger partial charge is 0.460 e. The molecule has 0 radical (unpaired) electrons. The third-order valence-electron chi connectivity index (χ3n) is 3.29. The van der Waals surface area contributed by atoms with Crippen LogP contribution in [0.2, 0.25) is 0 Å². The highest BCUT2D eigenvalue weighted by Crippen LogP contribution is 2.25. The van der Waals surface area contributed by atoms with E-state index in [0.717, 1.165) is 5.56 Å². The monoisotopic (exact) mass is 310 g/mol. The highest BCUT2D eigenvalue weighted by molar-refractivity contribution is 5.80. The summed E-state index contributed by atoms with van der Waals surface area (Å²) in [5.74, 6) is 0.578. The van der Waals surface area contributed by atoms with Crippen LogP contribution in [0.5, 0.6) is 17.2 Å². The van der Waals surface area contributed by atoms with Crippen LogP contribution >= 0.6 is 0 Å². The van der Waals surface area contributed by atoms with Crippen molar-refractivity contribution in [3.63, 3.8) is 0 Å². The molecule has 0 aliphatic rings. The number of ether oxygens (including phenoxy) is 2. The number of hydrogen-bond acceptors (Lipinski definition) is 5. The van der Waals surface area contributed by atoms with Crippen LogP contribution in [0.15, 0.2) is 57.9 Å². The van der Waals surface area contributed by atoms with Gasteiger partial charge in [0.25, 0.3) is 0 Å². The molecule has 0 spiro atoms. The molecule has 0 unspecified atom stereocenters. The first-order valence-electron chi connectivity index (χ1n) is 7.02. The van der Waals surface area contributed by atoms with E-state index >= 15 is 0 Å². The molecule has 0 atom stereocenters. The van der Waals surface area contributed by atoms with Gasteiger partial charge in [-0.3, -0.25) is 9.59 Å². The number of rotatable bonds is 3. The van der Waals surface area contributed by atoms with Gasteiger partial charge in [-0.15, -0.1) is 0 Å². The lowest BCUT2D eigenvalue weighted by Crippen LogP contribution is -2.06. The van der Waals surface area contributed by atoms with Crippen LogP contribution in [-0.4, -0.2) is 5.97 Å². The van der Waals surface area contributed by atoms with Crippen molar-refractivity contribution in [2.75, 3.05) is 0 Å². The number of aryl methyl sites for hydroxylation is 1. The maximum Gasteiger partial charge on any atom is 0.308 e. The summed E-state index contributed by atoms with van der Waals surface area (Å²) in [5.41, 5.74) is 0.951. The van der Waals surface area contributed by atoms with Gasteiger partial charge in [0.1, 0.15) is 23.3 Å². The summed E-state index contributed by atoms with van der Waals surface area (Å²) in [6.45, 7) is 3.20. The lowest BCUT2D eigenvalue weighted by molar-refractivity contribution is -0.131. The van der Waals surface area contributed by atoms with Crippen LogP contribution in [0.4, 0.5) is 0 Å². The van der Waals surface area contributed by atoms with Crippen molar-refractivity contribution in [1.82, 2.24) is 0 Å². The van der Waals surface area contributed by atoms with Gasteiger partial charge in [-0.05, 0) is 30.7 Å². The number of carbonyl (C=O) groups excluding carboxylic acids is 1. The van der Waals surface area contributed by atoms with Gasteiger partial charge in [-0.2, -0.15) is 0 Å². The zero-order valence-corrected chi connectivity index (χ0v) is 12.7. The Bertz CT molecular complexity index is 940.